The number of carbonyl (C=O) groups is 1. The number of carbonyl (C=O) groups excluding carboxylic acids is 1. The maximum atomic E-state index is 11.5. The Morgan fingerprint density at radius 1 is 1.60 bits per heavy atom. The maximum Gasteiger partial charge on any atom is 0.342 e. The topological polar surface area (TPSA) is 35.5 Å². The van der Waals surface area contributed by atoms with Gasteiger partial charge in [-0.25, -0.2) is 4.79 Å². The summed E-state index contributed by atoms with van der Waals surface area (Å²) >= 11 is 5.74. The van der Waals surface area contributed by atoms with Crippen molar-refractivity contribution in [1.29, 1.82) is 0 Å². The molecule has 15 heavy (non-hydrogen) atoms. The molecule has 0 N–H and O–H groups in total. The van der Waals surface area contributed by atoms with Gasteiger partial charge in [-0.1, -0.05) is 17.5 Å². The molecule has 0 amide bonds. The van der Waals surface area contributed by atoms with Crippen LogP contribution in [-0.4, -0.2) is 19.7 Å². The highest BCUT2D eigenvalue weighted by atomic mass is 35.5. The van der Waals surface area contributed by atoms with E-state index in [0.717, 1.165) is 0 Å². The first-order valence-electron chi connectivity index (χ1n) is 4.13. The molecule has 0 aliphatic rings. The van der Waals surface area contributed by atoms with Crippen LogP contribution in [0.2, 0.25) is 5.02 Å². The summed E-state index contributed by atoms with van der Waals surface area (Å²) in [6, 6.07) is 4.64. The van der Waals surface area contributed by atoms with Crippen LogP contribution < -0.4 is 4.74 Å². The van der Waals surface area contributed by atoms with Gasteiger partial charge in [0.05, 0.1) is 7.11 Å². The van der Waals surface area contributed by atoms with Crippen LogP contribution in [-0.2, 0) is 4.74 Å². The fraction of sp³-hybridized carbons (Fsp3) is 0.182. The zero-order chi connectivity index (χ0) is 11.3. The predicted molar refractivity (Wildman–Crippen MR) is 57.1 cm³/mol. The summed E-state index contributed by atoms with van der Waals surface area (Å²) in [6.07, 6.45) is 4.97. The van der Waals surface area contributed by atoms with E-state index in [1.807, 2.05) is 0 Å². The summed E-state index contributed by atoms with van der Waals surface area (Å²) in [5.74, 6) is 2.05. The lowest BCUT2D eigenvalue weighted by molar-refractivity contribution is 0.0553. The number of terminal acetylenes is 1. The van der Waals surface area contributed by atoms with Crippen molar-refractivity contribution in [3.8, 4) is 18.1 Å². The van der Waals surface area contributed by atoms with Crippen molar-refractivity contribution in [1.82, 2.24) is 0 Å². The summed E-state index contributed by atoms with van der Waals surface area (Å²) in [5.41, 5.74) is 0.303. The predicted octanol–water partition coefficient (Wildman–Crippen LogP) is 2.14. The molecule has 0 saturated heterocycles. The molecule has 0 aromatic heterocycles. The highest BCUT2D eigenvalue weighted by Gasteiger charge is 2.13. The number of rotatable bonds is 3. The maximum absolute atomic E-state index is 11.5. The summed E-state index contributed by atoms with van der Waals surface area (Å²) in [7, 11) is 1.45. The van der Waals surface area contributed by atoms with Gasteiger partial charge in [-0.3, -0.25) is 0 Å². The van der Waals surface area contributed by atoms with Gasteiger partial charge in [0.15, 0.2) is 6.61 Å². The lowest BCUT2D eigenvalue weighted by Crippen LogP contribution is -2.07. The van der Waals surface area contributed by atoms with Gasteiger partial charge >= 0.3 is 5.97 Å². The quantitative estimate of drug-likeness (QED) is 0.583. The van der Waals surface area contributed by atoms with Crippen molar-refractivity contribution in [2.45, 2.75) is 0 Å². The molecular formula is C11H9ClO3. The van der Waals surface area contributed by atoms with Crippen molar-refractivity contribution in [2.24, 2.45) is 0 Å². The fourth-order valence-corrected chi connectivity index (χ4v) is 1.18. The third-order valence-electron chi connectivity index (χ3n) is 1.67. The van der Waals surface area contributed by atoms with Gasteiger partial charge < -0.3 is 9.47 Å². The van der Waals surface area contributed by atoms with E-state index >= 15 is 0 Å². The summed E-state index contributed by atoms with van der Waals surface area (Å²) < 4.78 is 9.75. The molecule has 0 spiro atoms. The van der Waals surface area contributed by atoms with E-state index in [4.69, 9.17) is 27.5 Å². The van der Waals surface area contributed by atoms with Crippen LogP contribution in [0.4, 0.5) is 0 Å². The minimum atomic E-state index is -0.526. The van der Waals surface area contributed by atoms with Crippen LogP contribution in [0.3, 0.4) is 0 Å². The molecule has 0 bridgehead atoms. The molecule has 4 heteroatoms. The lowest BCUT2D eigenvalue weighted by atomic mass is 10.2. The van der Waals surface area contributed by atoms with Gasteiger partial charge in [0, 0.05) is 5.02 Å². The Bertz CT molecular complexity index is 407. The SMILES string of the molecule is C#CCOC(=O)c1ccc(Cl)cc1OC. The molecule has 0 unspecified atom stereocenters. The zero-order valence-corrected chi connectivity index (χ0v) is 8.88. The van der Waals surface area contributed by atoms with Crippen LogP contribution in [0.25, 0.3) is 0 Å². The number of benzene rings is 1. The van der Waals surface area contributed by atoms with Gasteiger partial charge in [0.2, 0.25) is 0 Å². The average Bonchev–Trinajstić information content (AvgIpc) is 2.25. The number of methoxy groups -OCH3 is 1. The second-order valence-corrected chi connectivity index (χ2v) is 3.06. The zero-order valence-electron chi connectivity index (χ0n) is 8.12. The molecule has 1 aromatic rings. The fourth-order valence-electron chi connectivity index (χ4n) is 1.02. The van der Waals surface area contributed by atoms with Crippen LogP contribution >= 0.6 is 11.6 Å². The van der Waals surface area contributed by atoms with E-state index < -0.39 is 5.97 Å². The lowest BCUT2D eigenvalue weighted by Gasteiger charge is -2.07. The van der Waals surface area contributed by atoms with E-state index in [9.17, 15) is 4.79 Å². The normalized spacial score (nSPS) is 9.13. The Hall–Kier alpha value is -1.66. The van der Waals surface area contributed by atoms with E-state index in [2.05, 4.69) is 5.92 Å². The summed E-state index contributed by atoms with van der Waals surface area (Å²) in [6.45, 7) is -0.0649. The third kappa shape index (κ3) is 2.90. The molecule has 1 rings (SSSR count). The van der Waals surface area contributed by atoms with Gasteiger partial charge in [-0.2, -0.15) is 0 Å². The minimum Gasteiger partial charge on any atom is -0.496 e. The molecule has 0 fully saturated rings. The van der Waals surface area contributed by atoms with Crippen molar-refractivity contribution >= 4 is 17.6 Å². The number of halogens is 1. The Kier molecular flexibility index (Phi) is 4.02. The minimum absolute atomic E-state index is 0.0649. The largest absolute Gasteiger partial charge is 0.496 e. The number of hydrogen-bond acceptors (Lipinski definition) is 3. The number of ether oxygens (including phenoxy) is 2. The highest BCUT2D eigenvalue weighted by molar-refractivity contribution is 6.30. The van der Waals surface area contributed by atoms with E-state index in [1.54, 1.807) is 6.07 Å². The molecule has 1 aromatic carbocycles. The molecule has 0 heterocycles. The van der Waals surface area contributed by atoms with Gasteiger partial charge in [0.25, 0.3) is 0 Å². The number of hydrogen-bond donors (Lipinski definition) is 0. The average molecular weight is 225 g/mol. The van der Waals surface area contributed by atoms with Gasteiger partial charge in [-0.15, -0.1) is 6.42 Å². The van der Waals surface area contributed by atoms with E-state index in [0.29, 0.717) is 16.3 Å². The molecule has 78 valence electrons. The van der Waals surface area contributed by atoms with Crippen LogP contribution in [0, 0.1) is 12.3 Å². The van der Waals surface area contributed by atoms with Crippen LogP contribution in [0.1, 0.15) is 10.4 Å². The van der Waals surface area contributed by atoms with E-state index in [-0.39, 0.29) is 6.61 Å². The number of esters is 1. The Morgan fingerprint density at radius 2 is 2.33 bits per heavy atom. The Morgan fingerprint density at radius 3 is 2.93 bits per heavy atom. The van der Waals surface area contributed by atoms with Gasteiger partial charge in [0.1, 0.15) is 11.3 Å². The molecule has 0 aliphatic heterocycles. The van der Waals surface area contributed by atoms with Crippen LogP contribution in [0.5, 0.6) is 5.75 Å². The van der Waals surface area contributed by atoms with Gasteiger partial charge in [-0.05, 0) is 18.2 Å². The summed E-state index contributed by atoms with van der Waals surface area (Å²) in [4.78, 5) is 11.5. The molecular weight excluding hydrogens is 216 g/mol. The second-order valence-electron chi connectivity index (χ2n) is 2.62. The standard InChI is InChI=1S/C11H9ClO3/c1-3-6-15-11(13)9-5-4-8(12)7-10(9)14-2/h1,4-5,7H,6H2,2H3. The molecule has 0 saturated carbocycles. The molecule has 0 aliphatic carbocycles. The van der Waals surface area contributed by atoms with Crippen molar-refractivity contribution in [3.63, 3.8) is 0 Å². The van der Waals surface area contributed by atoms with Crippen molar-refractivity contribution in [2.75, 3.05) is 13.7 Å². The molecule has 0 atom stereocenters. The monoisotopic (exact) mass is 224 g/mol. The third-order valence-corrected chi connectivity index (χ3v) is 1.91. The first kappa shape index (κ1) is 11.4. The van der Waals surface area contributed by atoms with Crippen molar-refractivity contribution < 1.29 is 14.3 Å². The highest BCUT2D eigenvalue weighted by Crippen LogP contribution is 2.23. The molecule has 0 radical (unpaired) electrons. The second kappa shape index (κ2) is 5.28. The first-order chi connectivity index (χ1) is 7.19. The van der Waals surface area contributed by atoms with E-state index in [1.165, 1.54) is 19.2 Å². The summed E-state index contributed by atoms with van der Waals surface area (Å²) in [5, 5.41) is 0.486. The Labute approximate surface area is 92.9 Å². The Balaban J connectivity index is 2.93. The smallest absolute Gasteiger partial charge is 0.342 e. The molecule has 3 nitrogen and oxygen atoms in total. The van der Waals surface area contributed by atoms with Crippen LogP contribution in [0.15, 0.2) is 18.2 Å². The first-order valence-corrected chi connectivity index (χ1v) is 4.51. The van der Waals surface area contributed by atoms with Crippen molar-refractivity contribution in [3.05, 3.63) is 28.8 Å².